The number of aryl methyl sites for hydroxylation is 1. The third kappa shape index (κ3) is 4.89. The molecule has 0 bridgehead atoms. The number of nitrogens with zero attached hydrogens (tertiary/aromatic N) is 6. The summed E-state index contributed by atoms with van der Waals surface area (Å²) in [7, 11) is -3.03. The number of aromatic nitrogens is 5. The molecule has 13 nitrogen and oxygen atoms in total. The molecule has 1 saturated heterocycles. The minimum atomic E-state index is -4.69. The standard InChI is InChI=1S/C17H17FN7O6P/c1-24-16(21-22-23-24)20-15-5-2-10(7-19-15)13-4-3-11(6-14(13)18)25-8-12(31-17(25)26)9-30-32(27,28)29/h2-7,12H,8-9H2,1H3,(H2,27,28,29)(H,19,20,21,23). The molecule has 1 amide bonds. The number of halogens is 1. The molecule has 2 aromatic heterocycles. The van der Waals surface area contributed by atoms with Crippen molar-refractivity contribution >= 4 is 31.4 Å². The number of hydrogen-bond acceptors (Lipinski definition) is 9. The molecule has 15 heteroatoms. The Balaban J connectivity index is 1.46. The normalized spacial score (nSPS) is 16.3. The maximum absolute atomic E-state index is 14.8. The topological polar surface area (TPSA) is 165 Å². The van der Waals surface area contributed by atoms with Gasteiger partial charge in [-0.1, -0.05) is 5.10 Å². The highest BCUT2D eigenvalue weighted by atomic mass is 31.2. The molecular weight excluding hydrogens is 448 g/mol. The summed E-state index contributed by atoms with van der Waals surface area (Å²) in [5.41, 5.74) is 1.01. The smallest absolute Gasteiger partial charge is 0.441 e. The molecule has 32 heavy (non-hydrogen) atoms. The van der Waals surface area contributed by atoms with Gasteiger partial charge < -0.3 is 19.8 Å². The van der Waals surface area contributed by atoms with Crippen LogP contribution in [0.5, 0.6) is 0 Å². The minimum absolute atomic E-state index is 0.0452. The molecule has 1 aromatic carbocycles. The number of nitrogens with one attached hydrogen (secondary N) is 1. The second-order valence-electron chi connectivity index (χ2n) is 6.75. The SMILES string of the molecule is Cn1nnnc1Nc1ccc(-c2ccc(N3CC(COP(=O)(O)O)OC3=O)cc2F)cn1. The van der Waals surface area contributed by atoms with Crippen LogP contribution in [0.1, 0.15) is 0 Å². The van der Waals surface area contributed by atoms with Crippen LogP contribution < -0.4 is 10.2 Å². The van der Waals surface area contributed by atoms with Gasteiger partial charge in [-0.05, 0) is 40.8 Å². The van der Waals surface area contributed by atoms with Gasteiger partial charge >= 0.3 is 13.9 Å². The molecular formula is C17H17FN7O6P. The van der Waals surface area contributed by atoms with Crippen molar-refractivity contribution in [3.05, 3.63) is 42.3 Å². The number of phosphoric acid groups is 1. The highest BCUT2D eigenvalue weighted by Crippen LogP contribution is 2.37. The van der Waals surface area contributed by atoms with E-state index in [9.17, 15) is 13.8 Å². The van der Waals surface area contributed by atoms with Gasteiger partial charge in [0, 0.05) is 24.4 Å². The summed E-state index contributed by atoms with van der Waals surface area (Å²) in [4.78, 5) is 35.0. The Kier molecular flexibility index (Phi) is 5.84. The van der Waals surface area contributed by atoms with Crippen molar-refractivity contribution in [3.8, 4) is 11.1 Å². The first-order valence-corrected chi connectivity index (χ1v) is 10.7. The molecule has 1 unspecified atom stereocenters. The molecule has 0 radical (unpaired) electrons. The molecule has 3 N–H and O–H groups in total. The Hall–Kier alpha value is -3.45. The Bertz CT molecular complexity index is 1180. The maximum atomic E-state index is 14.8. The molecule has 3 heterocycles. The van der Waals surface area contributed by atoms with E-state index in [4.69, 9.17) is 14.5 Å². The largest absolute Gasteiger partial charge is 0.469 e. The van der Waals surface area contributed by atoms with Crippen LogP contribution in [0.4, 0.5) is 26.6 Å². The van der Waals surface area contributed by atoms with Crippen molar-refractivity contribution in [2.45, 2.75) is 6.10 Å². The van der Waals surface area contributed by atoms with Gasteiger partial charge in [0.1, 0.15) is 17.7 Å². The van der Waals surface area contributed by atoms with Gasteiger partial charge in [-0.25, -0.2) is 23.4 Å². The van der Waals surface area contributed by atoms with Crippen LogP contribution in [-0.4, -0.2) is 60.3 Å². The second-order valence-corrected chi connectivity index (χ2v) is 7.99. The molecule has 1 fully saturated rings. The number of tetrazole rings is 1. The molecule has 3 aromatic rings. The zero-order chi connectivity index (χ0) is 22.9. The van der Waals surface area contributed by atoms with E-state index in [1.807, 2.05) is 0 Å². The van der Waals surface area contributed by atoms with E-state index in [1.54, 1.807) is 19.2 Å². The van der Waals surface area contributed by atoms with Crippen LogP contribution >= 0.6 is 7.82 Å². The summed E-state index contributed by atoms with van der Waals surface area (Å²) in [5, 5.41) is 13.9. The summed E-state index contributed by atoms with van der Waals surface area (Å²) in [6.07, 6.45) is -0.193. The van der Waals surface area contributed by atoms with E-state index in [0.717, 1.165) is 4.90 Å². The van der Waals surface area contributed by atoms with Gasteiger partial charge in [0.2, 0.25) is 5.95 Å². The van der Waals surface area contributed by atoms with Crippen molar-refractivity contribution in [2.24, 2.45) is 7.05 Å². The number of anilines is 3. The van der Waals surface area contributed by atoms with Crippen LogP contribution in [0, 0.1) is 5.82 Å². The number of carbonyl (C=O) groups excluding carboxylic acids is 1. The zero-order valence-corrected chi connectivity index (χ0v) is 17.4. The number of benzene rings is 1. The fourth-order valence-electron chi connectivity index (χ4n) is 2.98. The summed E-state index contributed by atoms with van der Waals surface area (Å²) in [6, 6.07) is 7.50. The first-order chi connectivity index (χ1) is 15.2. The minimum Gasteiger partial charge on any atom is -0.441 e. The van der Waals surface area contributed by atoms with Crippen molar-refractivity contribution in [1.82, 2.24) is 25.2 Å². The predicted molar refractivity (Wildman–Crippen MR) is 107 cm³/mol. The Labute approximate surface area is 180 Å². The fourth-order valence-corrected chi connectivity index (χ4v) is 3.34. The molecule has 0 saturated carbocycles. The second kappa shape index (κ2) is 8.59. The van der Waals surface area contributed by atoms with E-state index in [0.29, 0.717) is 17.3 Å². The van der Waals surface area contributed by atoms with Crippen LogP contribution in [-0.2, 0) is 20.9 Å². The molecule has 1 aliphatic rings. The molecule has 1 atom stereocenters. The molecule has 1 aliphatic heterocycles. The predicted octanol–water partition coefficient (Wildman–Crippen LogP) is 1.59. The number of phosphoric ester groups is 1. The molecule has 0 spiro atoms. The number of ether oxygens (including phenoxy) is 1. The summed E-state index contributed by atoms with van der Waals surface area (Å²) < 4.78 is 36.4. The average molecular weight is 465 g/mol. The van der Waals surface area contributed by atoms with E-state index < -0.39 is 32.4 Å². The van der Waals surface area contributed by atoms with Gasteiger partial charge in [0.25, 0.3) is 0 Å². The number of carbonyl (C=O) groups is 1. The number of hydrogen-bond donors (Lipinski definition) is 3. The Morgan fingerprint density at radius 2 is 2.16 bits per heavy atom. The van der Waals surface area contributed by atoms with Crippen molar-refractivity contribution in [1.29, 1.82) is 0 Å². The van der Waals surface area contributed by atoms with Crippen LogP contribution in [0.25, 0.3) is 11.1 Å². The van der Waals surface area contributed by atoms with E-state index in [-0.39, 0.29) is 17.8 Å². The lowest BCUT2D eigenvalue weighted by atomic mass is 10.1. The monoisotopic (exact) mass is 465 g/mol. The summed E-state index contributed by atoms with van der Waals surface area (Å²) in [5.74, 6) is 0.264. The lowest BCUT2D eigenvalue weighted by molar-refractivity contribution is 0.0880. The Morgan fingerprint density at radius 1 is 1.34 bits per heavy atom. The van der Waals surface area contributed by atoms with Crippen LogP contribution in [0.15, 0.2) is 36.5 Å². The van der Waals surface area contributed by atoms with E-state index in [1.165, 1.54) is 29.1 Å². The highest BCUT2D eigenvalue weighted by Gasteiger charge is 2.34. The number of rotatable bonds is 7. The zero-order valence-electron chi connectivity index (χ0n) is 16.5. The number of amides is 1. The number of cyclic esters (lactones) is 1. The van der Waals surface area contributed by atoms with Gasteiger partial charge in [0.05, 0.1) is 18.8 Å². The van der Waals surface area contributed by atoms with Gasteiger partial charge in [-0.15, -0.1) is 0 Å². The van der Waals surface area contributed by atoms with Crippen LogP contribution in [0.2, 0.25) is 0 Å². The first kappa shape index (κ1) is 21.8. The first-order valence-electron chi connectivity index (χ1n) is 9.13. The molecule has 168 valence electrons. The molecule has 0 aliphatic carbocycles. The summed E-state index contributed by atoms with van der Waals surface area (Å²) in [6.45, 7) is -0.528. The third-order valence-electron chi connectivity index (χ3n) is 4.50. The van der Waals surface area contributed by atoms with E-state index >= 15 is 0 Å². The fraction of sp³-hybridized carbons (Fsp3) is 0.235. The lowest BCUT2D eigenvalue weighted by Crippen LogP contribution is -2.25. The average Bonchev–Trinajstić information content (AvgIpc) is 3.32. The quantitative estimate of drug-likeness (QED) is 0.434. The van der Waals surface area contributed by atoms with Gasteiger partial charge in [0.15, 0.2) is 0 Å². The van der Waals surface area contributed by atoms with Gasteiger partial charge in [-0.3, -0.25) is 9.42 Å². The third-order valence-corrected chi connectivity index (χ3v) is 4.99. The number of pyridine rings is 1. The van der Waals surface area contributed by atoms with Crippen molar-refractivity contribution < 1.29 is 32.8 Å². The van der Waals surface area contributed by atoms with Crippen LogP contribution in [0.3, 0.4) is 0 Å². The van der Waals surface area contributed by atoms with Crippen molar-refractivity contribution in [2.75, 3.05) is 23.4 Å². The summed E-state index contributed by atoms with van der Waals surface area (Å²) >= 11 is 0. The lowest BCUT2D eigenvalue weighted by Gasteiger charge is -2.14. The highest BCUT2D eigenvalue weighted by molar-refractivity contribution is 7.46. The van der Waals surface area contributed by atoms with Gasteiger partial charge in [-0.2, -0.15) is 0 Å². The Morgan fingerprint density at radius 3 is 2.78 bits per heavy atom. The molecule has 4 rings (SSSR count). The van der Waals surface area contributed by atoms with Crippen molar-refractivity contribution in [3.63, 3.8) is 0 Å². The van der Waals surface area contributed by atoms with E-state index in [2.05, 4.69) is 30.3 Å². The maximum Gasteiger partial charge on any atom is 0.469 e.